The summed E-state index contributed by atoms with van der Waals surface area (Å²) in [7, 11) is 1.69. The number of aryl methyl sites for hydroxylation is 1. The van der Waals surface area contributed by atoms with Gasteiger partial charge in [-0.15, -0.1) is 0 Å². The van der Waals surface area contributed by atoms with Crippen molar-refractivity contribution in [3.8, 4) is 11.3 Å². The van der Waals surface area contributed by atoms with Gasteiger partial charge in [0.1, 0.15) is 11.6 Å². The van der Waals surface area contributed by atoms with E-state index in [1.807, 2.05) is 6.92 Å². The van der Waals surface area contributed by atoms with Crippen molar-refractivity contribution in [1.82, 2.24) is 9.88 Å². The van der Waals surface area contributed by atoms with Gasteiger partial charge in [0, 0.05) is 38.5 Å². The molecule has 0 aliphatic carbocycles. The van der Waals surface area contributed by atoms with Gasteiger partial charge in [0.15, 0.2) is 11.7 Å². The first kappa shape index (κ1) is 17.1. The molecule has 0 radical (unpaired) electrons. The highest BCUT2D eigenvalue weighted by molar-refractivity contribution is 5.76. The molecular weight excluding hydrogens is 304 g/mol. The Morgan fingerprint density at radius 2 is 2.17 bits per heavy atom. The highest BCUT2D eigenvalue weighted by Crippen LogP contribution is 2.24. The van der Waals surface area contributed by atoms with Crippen LogP contribution in [0.5, 0.6) is 0 Å². The Morgan fingerprint density at radius 3 is 2.83 bits per heavy atom. The maximum Gasteiger partial charge on any atom is 0.223 e. The van der Waals surface area contributed by atoms with Gasteiger partial charge in [-0.3, -0.25) is 4.79 Å². The van der Waals surface area contributed by atoms with E-state index >= 15 is 0 Å². The average molecular weight is 323 g/mol. The fraction of sp³-hybridized carbons (Fsp3) is 0.375. The molecule has 0 spiro atoms. The van der Waals surface area contributed by atoms with E-state index in [1.165, 1.54) is 12.3 Å². The molecule has 2 N–H and O–H groups in total. The number of rotatable bonds is 6. The van der Waals surface area contributed by atoms with Gasteiger partial charge in [0.05, 0.1) is 11.8 Å². The molecule has 0 aliphatic rings. The Hall–Kier alpha value is -2.28. The Kier molecular flexibility index (Phi) is 5.44. The summed E-state index contributed by atoms with van der Waals surface area (Å²) >= 11 is 0. The third kappa shape index (κ3) is 4.13. The Bertz CT molecular complexity index is 688. The molecule has 0 fully saturated rings. The molecule has 7 heteroatoms. The molecule has 23 heavy (non-hydrogen) atoms. The zero-order valence-electron chi connectivity index (χ0n) is 13.1. The molecule has 1 aromatic heterocycles. The molecule has 1 atom stereocenters. The number of aromatic nitrogens is 1. The van der Waals surface area contributed by atoms with Gasteiger partial charge in [-0.2, -0.15) is 0 Å². The predicted octanol–water partition coefficient (Wildman–Crippen LogP) is 2.36. The summed E-state index contributed by atoms with van der Waals surface area (Å²) in [6.45, 7) is 2.24. The smallest absolute Gasteiger partial charge is 0.223 e. The van der Waals surface area contributed by atoms with Gasteiger partial charge in [-0.05, 0) is 19.1 Å². The number of hydrogen-bond donors (Lipinski definition) is 1. The third-order valence-corrected chi connectivity index (χ3v) is 3.70. The minimum Gasteiger partial charge on any atom is -0.441 e. The number of halogens is 2. The number of carbonyl (C=O) groups is 1. The number of nitrogens with two attached hydrogens (primary N) is 1. The standard InChI is InChI=1S/C16H19F2N3O2/c1-10(8-19)21(2)16(22)6-5-15-20-9-14(23-15)12-4-3-11(17)7-13(12)18/h3-4,7,9-10H,5-6,8,19H2,1-2H3. The van der Waals surface area contributed by atoms with Gasteiger partial charge in [0.2, 0.25) is 5.91 Å². The van der Waals surface area contributed by atoms with Crippen LogP contribution in [0.4, 0.5) is 8.78 Å². The topological polar surface area (TPSA) is 72.4 Å². The normalized spacial score (nSPS) is 12.2. The summed E-state index contributed by atoms with van der Waals surface area (Å²) in [5.41, 5.74) is 5.65. The van der Waals surface area contributed by atoms with Crippen LogP contribution >= 0.6 is 0 Å². The van der Waals surface area contributed by atoms with Crippen molar-refractivity contribution in [3.63, 3.8) is 0 Å². The van der Waals surface area contributed by atoms with Crippen molar-refractivity contribution in [3.05, 3.63) is 41.9 Å². The van der Waals surface area contributed by atoms with Gasteiger partial charge < -0.3 is 15.1 Å². The maximum atomic E-state index is 13.7. The summed E-state index contributed by atoms with van der Waals surface area (Å²) in [5, 5.41) is 0. The summed E-state index contributed by atoms with van der Waals surface area (Å²) in [4.78, 5) is 17.6. The summed E-state index contributed by atoms with van der Waals surface area (Å²) in [5.74, 6) is -0.927. The van der Waals surface area contributed by atoms with Crippen LogP contribution in [0.1, 0.15) is 19.2 Å². The molecule has 0 bridgehead atoms. The van der Waals surface area contributed by atoms with E-state index in [0.29, 0.717) is 18.9 Å². The largest absolute Gasteiger partial charge is 0.441 e. The summed E-state index contributed by atoms with van der Waals surface area (Å²) < 4.78 is 32.0. The predicted molar refractivity (Wildman–Crippen MR) is 81.5 cm³/mol. The number of oxazole rings is 1. The van der Waals surface area contributed by atoms with E-state index in [1.54, 1.807) is 11.9 Å². The lowest BCUT2D eigenvalue weighted by Gasteiger charge is -2.23. The lowest BCUT2D eigenvalue weighted by atomic mass is 10.2. The lowest BCUT2D eigenvalue weighted by Crippen LogP contribution is -2.39. The Morgan fingerprint density at radius 1 is 1.43 bits per heavy atom. The zero-order chi connectivity index (χ0) is 17.0. The number of amides is 1. The number of hydrogen-bond acceptors (Lipinski definition) is 4. The SMILES string of the molecule is CC(CN)N(C)C(=O)CCc1ncc(-c2ccc(F)cc2F)o1. The molecule has 1 amide bonds. The average Bonchev–Trinajstić information content (AvgIpc) is 2.99. The fourth-order valence-electron chi connectivity index (χ4n) is 2.03. The first-order valence-electron chi connectivity index (χ1n) is 7.28. The fourth-order valence-corrected chi connectivity index (χ4v) is 2.03. The highest BCUT2D eigenvalue weighted by atomic mass is 19.1. The number of likely N-dealkylation sites (N-methyl/N-ethyl adjacent to an activating group) is 1. The Labute approximate surface area is 133 Å². The van der Waals surface area contributed by atoms with Crippen molar-refractivity contribution in [2.24, 2.45) is 5.73 Å². The molecule has 0 saturated heterocycles. The molecule has 2 aromatic rings. The van der Waals surface area contributed by atoms with Crippen molar-refractivity contribution in [2.75, 3.05) is 13.6 Å². The molecule has 1 unspecified atom stereocenters. The van der Waals surface area contributed by atoms with E-state index in [4.69, 9.17) is 10.2 Å². The number of nitrogens with zero attached hydrogens (tertiary/aromatic N) is 2. The van der Waals surface area contributed by atoms with Crippen LogP contribution in [-0.2, 0) is 11.2 Å². The van der Waals surface area contributed by atoms with Crippen LogP contribution < -0.4 is 5.73 Å². The first-order chi connectivity index (χ1) is 10.9. The summed E-state index contributed by atoms with van der Waals surface area (Å²) in [6, 6.07) is 3.17. The van der Waals surface area contributed by atoms with Crippen LogP contribution in [0.15, 0.2) is 28.8 Å². The zero-order valence-corrected chi connectivity index (χ0v) is 13.1. The van der Waals surface area contributed by atoms with Gasteiger partial charge >= 0.3 is 0 Å². The van der Waals surface area contributed by atoms with E-state index in [0.717, 1.165) is 12.1 Å². The van der Waals surface area contributed by atoms with Crippen LogP contribution in [0.25, 0.3) is 11.3 Å². The second kappa shape index (κ2) is 7.32. The number of benzene rings is 1. The molecule has 0 saturated carbocycles. The minimum atomic E-state index is -0.722. The minimum absolute atomic E-state index is 0.0454. The lowest BCUT2D eigenvalue weighted by molar-refractivity contribution is -0.131. The van der Waals surface area contributed by atoms with Gasteiger partial charge in [-0.25, -0.2) is 13.8 Å². The first-order valence-corrected chi connectivity index (χ1v) is 7.28. The van der Waals surface area contributed by atoms with Gasteiger partial charge in [-0.1, -0.05) is 0 Å². The molecule has 2 rings (SSSR count). The summed E-state index contributed by atoms with van der Waals surface area (Å²) in [6.07, 6.45) is 1.87. The highest BCUT2D eigenvalue weighted by Gasteiger charge is 2.16. The van der Waals surface area contributed by atoms with E-state index < -0.39 is 11.6 Å². The van der Waals surface area contributed by atoms with Crippen LogP contribution in [0.3, 0.4) is 0 Å². The van der Waals surface area contributed by atoms with E-state index in [9.17, 15) is 13.6 Å². The van der Waals surface area contributed by atoms with Crippen LogP contribution in [0, 0.1) is 11.6 Å². The Balaban J connectivity index is 2.01. The molecule has 5 nitrogen and oxygen atoms in total. The van der Waals surface area contributed by atoms with Crippen molar-refractivity contribution < 1.29 is 18.0 Å². The molecule has 1 heterocycles. The maximum absolute atomic E-state index is 13.7. The van der Waals surface area contributed by atoms with Crippen LogP contribution in [0.2, 0.25) is 0 Å². The quantitative estimate of drug-likeness (QED) is 0.886. The molecule has 0 aliphatic heterocycles. The second-order valence-electron chi connectivity index (χ2n) is 5.33. The van der Waals surface area contributed by atoms with Crippen LogP contribution in [-0.4, -0.2) is 35.4 Å². The molecule has 124 valence electrons. The number of carbonyl (C=O) groups excluding carboxylic acids is 1. The van der Waals surface area contributed by atoms with E-state index in [-0.39, 0.29) is 29.7 Å². The van der Waals surface area contributed by atoms with E-state index in [2.05, 4.69) is 4.98 Å². The van der Waals surface area contributed by atoms with Gasteiger partial charge in [0.25, 0.3) is 0 Å². The van der Waals surface area contributed by atoms with Crippen molar-refractivity contribution >= 4 is 5.91 Å². The second-order valence-corrected chi connectivity index (χ2v) is 5.33. The van der Waals surface area contributed by atoms with Crippen molar-refractivity contribution in [2.45, 2.75) is 25.8 Å². The molecular formula is C16H19F2N3O2. The monoisotopic (exact) mass is 323 g/mol. The third-order valence-electron chi connectivity index (χ3n) is 3.70. The molecule has 1 aromatic carbocycles. The van der Waals surface area contributed by atoms with Crippen molar-refractivity contribution in [1.29, 1.82) is 0 Å².